The van der Waals surface area contributed by atoms with E-state index >= 15 is 0 Å². The minimum Gasteiger partial charge on any atom is -0.465 e. The number of carboxylic acid groups (broad SMARTS) is 1. The first-order chi connectivity index (χ1) is 8.11. The maximum atomic E-state index is 13.2. The minimum absolute atomic E-state index is 0.0707. The summed E-state index contributed by atoms with van der Waals surface area (Å²) in [6.45, 7) is 0.319. The van der Waals surface area contributed by atoms with Crippen molar-refractivity contribution < 1.29 is 18.7 Å². The Bertz CT molecular complexity index is 399. The zero-order valence-electron chi connectivity index (χ0n) is 9.12. The Morgan fingerprint density at radius 3 is 2.59 bits per heavy atom. The molecule has 17 heavy (non-hydrogen) atoms. The molecule has 1 aromatic carbocycles. The van der Waals surface area contributed by atoms with Crippen molar-refractivity contribution in [3.8, 4) is 0 Å². The molecule has 0 aliphatic heterocycles. The predicted molar refractivity (Wildman–Crippen MR) is 60.7 cm³/mol. The second-order valence-electron chi connectivity index (χ2n) is 3.41. The summed E-state index contributed by atoms with van der Waals surface area (Å²) in [5.74, 6) is -1.21. The summed E-state index contributed by atoms with van der Waals surface area (Å²) >= 11 is 0. The van der Waals surface area contributed by atoms with Crippen LogP contribution in [0.15, 0.2) is 24.3 Å². The highest BCUT2D eigenvalue weighted by Crippen LogP contribution is 2.14. The molecule has 0 unspecified atom stereocenters. The molecule has 1 amide bonds. The van der Waals surface area contributed by atoms with E-state index in [1.165, 1.54) is 24.3 Å². The highest BCUT2D eigenvalue weighted by atomic mass is 19.1. The number of carbonyl (C=O) groups is 1. The predicted octanol–water partition coefficient (Wildman–Crippen LogP) is 3.03. The average molecular weight is 241 g/mol. The van der Waals surface area contributed by atoms with Crippen molar-refractivity contribution in [3.05, 3.63) is 41.5 Å². The van der Waals surface area contributed by atoms with E-state index in [1.807, 2.05) is 0 Å². The third-order valence-electron chi connectivity index (χ3n) is 2.11. The van der Waals surface area contributed by atoms with E-state index < -0.39 is 17.7 Å². The number of benzene rings is 1. The fourth-order valence-corrected chi connectivity index (χ4v) is 1.29. The summed E-state index contributed by atoms with van der Waals surface area (Å²) in [6.07, 6.45) is 3.04. The van der Waals surface area contributed by atoms with Gasteiger partial charge in [-0.1, -0.05) is 18.2 Å². The summed E-state index contributed by atoms with van der Waals surface area (Å²) in [6, 6.07) is 3.68. The number of nitrogens with one attached hydrogen (secondary N) is 1. The quantitative estimate of drug-likeness (QED) is 0.778. The van der Waals surface area contributed by atoms with Crippen molar-refractivity contribution in [1.82, 2.24) is 5.32 Å². The first-order valence-corrected chi connectivity index (χ1v) is 5.18. The molecule has 0 bridgehead atoms. The third-order valence-corrected chi connectivity index (χ3v) is 2.11. The fraction of sp³-hybridized carbons (Fsp3) is 0.250. The van der Waals surface area contributed by atoms with E-state index in [-0.39, 0.29) is 5.56 Å². The lowest BCUT2D eigenvalue weighted by Gasteiger charge is -1.99. The van der Waals surface area contributed by atoms with Crippen LogP contribution in [0.4, 0.5) is 13.6 Å². The number of allylic oxidation sites excluding steroid dienone is 1. The van der Waals surface area contributed by atoms with Crippen molar-refractivity contribution in [3.63, 3.8) is 0 Å². The zero-order valence-corrected chi connectivity index (χ0v) is 9.12. The molecule has 2 N–H and O–H groups in total. The molecule has 0 radical (unpaired) electrons. The molecule has 92 valence electrons. The van der Waals surface area contributed by atoms with E-state index in [0.717, 1.165) is 0 Å². The van der Waals surface area contributed by atoms with Crippen LogP contribution >= 0.6 is 0 Å². The van der Waals surface area contributed by atoms with Crippen LogP contribution in [0.25, 0.3) is 6.08 Å². The summed E-state index contributed by atoms with van der Waals surface area (Å²) in [5.41, 5.74) is -0.0707. The molecule has 0 saturated carbocycles. The second-order valence-corrected chi connectivity index (χ2v) is 3.41. The Hall–Kier alpha value is -1.91. The van der Waals surface area contributed by atoms with Gasteiger partial charge in [0.1, 0.15) is 11.6 Å². The lowest BCUT2D eigenvalue weighted by molar-refractivity contribution is 0.194. The molecule has 1 rings (SSSR count). The second kappa shape index (κ2) is 6.62. The molecule has 0 fully saturated rings. The standard InChI is InChI=1S/C12H13F2NO2/c13-10-6-4-7-11(14)9(10)5-2-1-3-8-15-12(16)17/h2,4-7,15H,1,3,8H2,(H,16,17). The van der Waals surface area contributed by atoms with Crippen molar-refractivity contribution in [2.24, 2.45) is 0 Å². The monoisotopic (exact) mass is 241 g/mol. The molecule has 0 aliphatic rings. The number of hydrogen-bond acceptors (Lipinski definition) is 1. The largest absolute Gasteiger partial charge is 0.465 e. The van der Waals surface area contributed by atoms with E-state index in [9.17, 15) is 13.6 Å². The molecular formula is C12H13F2NO2. The Kier molecular flexibility index (Phi) is 5.13. The number of hydrogen-bond donors (Lipinski definition) is 2. The lowest BCUT2D eigenvalue weighted by Crippen LogP contribution is -2.21. The van der Waals surface area contributed by atoms with Crippen LogP contribution in [0.2, 0.25) is 0 Å². The van der Waals surface area contributed by atoms with Crippen LogP contribution in [0.1, 0.15) is 18.4 Å². The highest BCUT2D eigenvalue weighted by molar-refractivity contribution is 5.64. The van der Waals surface area contributed by atoms with E-state index in [1.54, 1.807) is 6.08 Å². The molecule has 3 nitrogen and oxygen atoms in total. The van der Waals surface area contributed by atoms with Gasteiger partial charge in [0.2, 0.25) is 0 Å². The maximum absolute atomic E-state index is 13.2. The highest BCUT2D eigenvalue weighted by Gasteiger charge is 2.03. The van der Waals surface area contributed by atoms with Gasteiger partial charge in [-0.2, -0.15) is 0 Å². The lowest BCUT2D eigenvalue weighted by atomic mass is 10.1. The molecule has 1 aromatic rings. The van der Waals surface area contributed by atoms with E-state index in [0.29, 0.717) is 19.4 Å². The molecule has 0 spiro atoms. The van der Waals surface area contributed by atoms with Gasteiger partial charge in [0.25, 0.3) is 0 Å². The Labute approximate surface area is 97.8 Å². The first-order valence-electron chi connectivity index (χ1n) is 5.18. The molecule has 0 atom stereocenters. The van der Waals surface area contributed by atoms with Crippen LogP contribution in [-0.4, -0.2) is 17.7 Å². The minimum atomic E-state index is -1.07. The topological polar surface area (TPSA) is 49.3 Å². The molecular weight excluding hydrogens is 228 g/mol. The van der Waals surface area contributed by atoms with Gasteiger partial charge >= 0.3 is 6.09 Å². The number of halogens is 2. The van der Waals surface area contributed by atoms with Gasteiger partial charge in [0.15, 0.2) is 0 Å². The SMILES string of the molecule is O=C(O)NCCCC=Cc1c(F)cccc1F. The maximum Gasteiger partial charge on any atom is 0.404 e. The Morgan fingerprint density at radius 1 is 1.35 bits per heavy atom. The van der Waals surface area contributed by atoms with E-state index in [2.05, 4.69) is 5.32 Å². The molecule has 0 saturated heterocycles. The number of unbranched alkanes of at least 4 members (excludes halogenated alkanes) is 1. The van der Waals surface area contributed by atoms with Crippen LogP contribution in [0, 0.1) is 11.6 Å². The van der Waals surface area contributed by atoms with Crippen LogP contribution < -0.4 is 5.32 Å². The normalized spacial score (nSPS) is 10.7. The van der Waals surface area contributed by atoms with Crippen molar-refractivity contribution >= 4 is 12.2 Å². The molecule has 0 aromatic heterocycles. The van der Waals surface area contributed by atoms with Gasteiger partial charge in [-0.05, 0) is 25.0 Å². The number of amides is 1. The summed E-state index contributed by atoms with van der Waals surface area (Å²) < 4.78 is 26.3. The average Bonchev–Trinajstić information content (AvgIpc) is 2.26. The molecule has 0 heterocycles. The Morgan fingerprint density at radius 2 is 2.00 bits per heavy atom. The summed E-state index contributed by atoms with van der Waals surface area (Å²) in [4.78, 5) is 10.1. The van der Waals surface area contributed by atoms with Crippen LogP contribution in [-0.2, 0) is 0 Å². The first kappa shape index (κ1) is 13.2. The van der Waals surface area contributed by atoms with Gasteiger partial charge < -0.3 is 10.4 Å². The van der Waals surface area contributed by atoms with Gasteiger partial charge in [0.05, 0.1) is 0 Å². The summed E-state index contributed by atoms with van der Waals surface area (Å²) in [7, 11) is 0. The van der Waals surface area contributed by atoms with Crippen molar-refractivity contribution in [1.29, 1.82) is 0 Å². The zero-order chi connectivity index (χ0) is 12.7. The number of rotatable bonds is 5. The third kappa shape index (κ3) is 4.63. The smallest absolute Gasteiger partial charge is 0.404 e. The van der Waals surface area contributed by atoms with Crippen LogP contribution in [0.3, 0.4) is 0 Å². The summed E-state index contributed by atoms with van der Waals surface area (Å²) in [5, 5.41) is 10.5. The van der Waals surface area contributed by atoms with Crippen molar-refractivity contribution in [2.75, 3.05) is 6.54 Å². The van der Waals surface area contributed by atoms with Gasteiger partial charge in [0, 0.05) is 12.1 Å². The van der Waals surface area contributed by atoms with Gasteiger partial charge in [-0.15, -0.1) is 0 Å². The fourth-order valence-electron chi connectivity index (χ4n) is 1.29. The van der Waals surface area contributed by atoms with Crippen molar-refractivity contribution in [2.45, 2.75) is 12.8 Å². The van der Waals surface area contributed by atoms with Gasteiger partial charge in [-0.3, -0.25) is 0 Å². The molecule has 5 heteroatoms. The van der Waals surface area contributed by atoms with E-state index in [4.69, 9.17) is 5.11 Å². The van der Waals surface area contributed by atoms with Gasteiger partial charge in [-0.25, -0.2) is 13.6 Å². The molecule has 0 aliphatic carbocycles. The Balaban J connectivity index is 2.41. The van der Waals surface area contributed by atoms with Crippen LogP contribution in [0.5, 0.6) is 0 Å².